The Morgan fingerprint density at radius 2 is 2.00 bits per heavy atom. The lowest BCUT2D eigenvalue weighted by Crippen LogP contribution is -2.03. The molecule has 3 rings (SSSR count). The Balaban J connectivity index is 2.00. The number of benzene rings is 1. The Morgan fingerprint density at radius 1 is 1.20 bits per heavy atom. The number of halogens is 3. The number of thioether (sulfide) groups is 1. The Morgan fingerprint density at radius 3 is 2.75 bits per heavy atom. The van der Waals surface area contributed by atoms with Crippen LogP contribution in [0.15, 0.2) is 22.7 Å². The van der Waals surface area contributed by atoms with Gasteiger partial charge in [0.25, 0.3) is 0 Å². The summed E-state index contributed by atoms with van der Waals surface area (Å²) in [5.74, 6) is 0.146. The van der Waals surface area contributed by atoms with Gasteiger partial charge in [-0.1, -0.05) is 0 Å². The fraction of sp³-hybridized carbons (Fsp3) is 0.214. The van der Waals surface area contributed by atoms with E-state index in [-0.39, 0.29) is 10.0 Å². The Bertz CT molecular complexity index is 673. The predicted octanol–water partition coefficient (Wildman–Crippen LogP) is 4.81. The minimum atomic E-state index is -0.705. The Labute approximate surface area is 131 Å². The number of rotatable bonds is 2. The maximum absolute atomic E-state index is 13.8. The van der Waals surface area contributed by atoms with Gasteiger partial charge < -0.3 is 0 Å². The van der Waals surface area contributed by atoms with Crippen molar-refractivity contribution in [2.24, 2.45) is 0 Å². The molecule has 2 aromatic rings. The van der Waals surface area contributed by atoms with Crippen LogP contribution in [-0.2, 0) is 12.2 Å². The molecule has 0 aliphatic carbocycles. The summed E-state index contributed by atoms with van der Waals surface area (Å²) in [6.45, 7) is 0. The second-order valence-corrected chi connectivity index (χ2v) is 7.53. The normalized spacial score (nSPS) is 14.2. The maximum Gasteiger partial charge on any atom is 0.206 e. The van der Waals surface area contributed by atoms with E-state index in [1.165, 1.54) is 16.2 Å². The van der Waals surface area contributed by atoms with Crippen LogP contribution in [0.5, 0.6) is 0 Å². The quantitative estimate of drug-likeness (QED) is 0.554. The van der Waals surface area contributed by atoms with Crippen molar-refractivity contribution in [2.45, 2.75) is 12.2 Å². The molecule has 20 heavy (non-hydrogen) atoms. The van der Waals surface area contributed by atoms with Crippen molar-refractivity contribution >= 4 is 44.8 Å². The molecule has 0 spiro atoms. The number of thiophene rings is 1. The molecule has 1 aliphatic heterocycles. The monoisotopic (exact) mass is 374 g/mol. The highest BCUT2D eigenvalue weighted by atomic mass is 79.9. The van der Waals surface area contributed by atoms with Crippen LogP contribution in [0.3, 0.4) is 0 Å². The van der Waals surface area contributed by atoms with Crippen molar-refractivity contribution < 1.29 is 13.6 Å². The summed E-state index contributed by atoms with van der Waals surface area (Å²) >= 11 is 6.12. The van der Waals surface area contributed by atoms with Crippen molar-refractivity contribution in [1.82, 2.24) is 0 Å². The van der Waals surface area contributed by atoms with Crippen LogP contribution in [0.25, 0.3) is 0 Å². The van der Waals surface area contributed by atoms with Crippen molar-refractivity contribution in [3.05, 3.63) is 55.2 Å². The standard InChI is InChI=1S/C14H9BrF2OS2/c15-9-5-10(16)8(4-11(9)17)14(18)13-3-7-6-19-2-1-12(7)20-13/h3-5H,1-2,6H2. The average Bonchev–Trinajstić information content (AvgIpc) is 2.86. The second kappa shape index (κ2) is 5.58. The van der Waals surface area contributed by atoms with E-state index >= 15 is 0 Å². The number of carbonyl (C=O) groups excluding carboxylic acids is 1. The first-order valence-corrected chi connectivity index (χ1v) is 8.71. The van der Waals surface area contributed by atoms with Gasteiger partial charge in [-0.05, 0) is 51.9 Å². The lowest BCUT2D eigenvalue weighted by Gasteiger charge is -2.08. The largest absolute Gasteiger partial charge is 0.288 e. The van der Waals surface area contributed by atoms with Gasteiger partial charge in [-0.2, -0.15) is 11.8 Å². The first-order valence-electron chi connectivity index (χ1n) is 5.95. The van der Waals surface area contributed by atoms with Gasteiger partial charge in [-0.3, -0.25) is 4.79 Å². The molecule has 0 saturated heterocycles. The number of carbonyl (C=O) groups is 1. The molecule has 1 aliphatic rings. The number of ketones is 1. The molecule has 1 aromatic heterocycles. The van der Waals surface area contributed by atoms with E-state index in [1.807, 2.05) is 17.8 Å². The molecule has 0 amide bonds. The number of hydrogen-bond acceptors (Lipinski definition) is 3. The summed E-state index contributed by atoms with van der Waals surface area (Å²) < 4.78 is 27.4. The summed E-state index contributed by atoms with van der Waals surface area (Å²) in [4.78, 5) is 14.0. The highest BCUT2D eigenvalue weighted by molar-refractivity contribution is 9.10. The van der Waals surface area contributed by atoms with E-state index in [1.54, 1.807) is 0 Å². The van der Waals surface area contributed by atoms with Crippen LogP contribution in [-0.4, -0.2) is 11.5 Å². The third-order valence-electron chi connectivity index (χ3n) is 3.11. The molecule has 104 valence electrons. The zero-order valence-electron chi connectivity index (χ0n) is 10.2. The molecule has 0 N–H and O–H groups in total. The third-order valence-corrected chi connectivity index (χ3v) is 5.96. The average molecular weight is 375 g/mol. The molecular weight excluding hydrogens is 366 g/mol. The first kappa shape index (κ1) is 14.2. The highest BCUT2D eigenvalue weighted by Crippen LogP contribution is 2.33. The minimum Gasteiger partial charge on any atom is -0.288 e. The van der Waals surface area contributed by atoms with Crippen LogP contribution >= 0.6 is 39.0 Å². The molecule has 0 atom stereocenters. The molecular formula is C14H9BrF2OS2. The van der Waals surface area contributed by atoms with Crippen LogP contribution in [0.1, 0.15) is 25.7 Å². The topological polar surface area (TPSA) is 17.1 Å². The van der Waals surface area contributed by atoms with Gasteiger partial charge >= 0.3 is 0 Å². The van der Waals surface area contributed by atoms with Gasteiger partial charge in [-0.25, -0.2) is 8.78 Å². The van der Waals surface area contributed by atoms with Gasteiger partial charge in [0.1, 0.15) is 11.6 Å². The molecule has 0 saturated carbocycles. The van der Waals surface area contributed by atoms with Crippen molar-refractivity contribution in [3.63, 3.8) is 0 Å². The first-order chi connectivity index (χ1) is 9.56. The molecule has 0 fully saturated rings. The number of hydrogen-bond donors (Lipinski definition) is 0. The van der Waals surface area contributed by atoms with Crippen LogP contribution in [0.2, 0.25) is 0 Å². The fourth-order valence-electron chi connectivity index (χ4n) is 2.09. The van der Waals surface area contributed by atoms with Gasteiger partial charge in [0, 0.05) is 10.6 Å². The van der Waals surface area contributed by atoms with Crippen LogP contribution in [0.4, 0.5) is 8.78 Å². The van der Waals surface area contributed by atoms with E-state index in [4.69, 9.17) is 0 Å². The predicted molar refractivity (Wildman–Crippen MR) is 81.7 cm³/mol. The maximum atomic E-state index is 13.8. The summed E-state index contributed by atoms with van der Waals surface area (Å²) in [5.41, 5.74) is 0.935. The zero-order valence-corrected chi connectivity index (χ0v) is 13.4. The van der Waals surface area contributed by atoms with E-state index in [2.05, 4.69) is 15.9 Å². The van der Waals surface area contributed by atoms with Crippen molar-refractivity contribution in [3.8, 4) is 0 Å². The molecule has 2 heterocycles. The Kier molecular flexibility index (Phi) is 3.97. The van der Waals surface area contributed by atoms with E-state index < -0.39 is 17.4 Å². The minimum absolute atomic E-state index is 0.0217. The molecule has 1 nitrogen and oxygen atoms in total. The summed E-state index contributed by atoms with van der Waals surface area (Å²) in [6, 6.07) is 3.76. The van der Waals surface area contributed by atoms with Gasteiger partial charge in [0.15, 0.2) is 0 Å². The van der Waals surface area contributed by atoms with E-state index in [9.17, 15) is 13.6 Å². The highest BCUT2D eigenvalue weighted by Gasteiger charge is 2.21. The zero-order chi connectivity index (χ0) is 14.3. The lowest BCUT2D eigenvalue weighted by molar-refractivity contribution is 0.103. The molecule has 0 unspecified atom stereocenters. The van der Waals surface area contributed by atoms with E-state index in [0.29, 0.717) is 4.88 Å². The third kappa shape index (κ3) is 2.56. The van der Waals surface area contributed by atoms with Gasteiger partial charge in [-0.15, -0.1) is 11.3 Å². The van der Waals surface area contributed by atoms with Gasteiger partial charge in [0.2, 0.25) is 5.78 Å². The summed E-state index contributed by atoms with van der Waals surface area (Å²) in [6.07, 6.45) is 0.940. The molecule has 0 bridgehead atoms. The molecule has 0 radical (unpaired) electrons. The summed E-state index contributed by atoms with van der Waals surface area (Å²) in [7, 11) is 0. The smallest absolute Gasteiger partial charge is 0.206 e. The number of fused-ring (bicyclic) bond motifs is 1. The molecule has 1 aromatic carbocycles. The van der Waals surface area contributed by atoms with Crippen molar-refractivity contribution in [1.29, 1.82) is 0 Å². The Hall–Kier alpha value is -0.720. The van der Waals surface area contributed by atoms with Crippen molar-refractivity contribution in [2.75, 3.05) is 5.75 Å². The SMILES string of the molecule is O=C(c1cc2c(s1)CCSC2)c1cc(F)c(Br)cc1F. The summed E-state index contributed by atoms with van der Waals surface area (Å²) in [5, 5.41) is 0. The molecule has 6 heteroatoms. The lowest BCUT2D eigenvalue weighted by atomic mass is 10.1. The fourth-order valence-corrected chi connectivity index (χ4v) is 4.73. The van der Waals surface area contributed by atoms with Crippen LogP contribution < -0.4 is 0 Å². The van der Waals surface area contributed by atoms with Crippen LogP contribution in [0, 0.1) is 11.6 Å². The second-order valence-electron chi connectivity index (χ2n) is 4.44. The van der Waals surface area contributed by atoms with E-state index in [0.717, 1.165) is 35.6 Å². The number of aryl methyl sites for hydroxylation is 1. The van der Waals surface area contributed by atoms with Gasteiger partial charge in [0.05, 0.1) is 14.9 Å².